The van der Waals surface area contributed by atoms with E-state index in [0.717, 1.165) is 17.0 Å². The molecular weight excluding hydrogens is 493 g/mol. The van der Waals surface area contributed by atoms with Crippen molar-refractivity contribution in [3.63, 3.8) is 0 Å². The molecule has 0 bridgehead atoms. The monoisotopic (exact) mass is 511 g/mol. The Morgan fingerprint density at radius 3 is 2.56 bits per heavy atom. The van der Waals surface area contributed by atoms with Crippen molar-refractivity contribution >= 4 is 47.1 Å². The Labute approximate surface area is 210 Å². The second-order valence-corrected chi connectivity index (χ2v) is 8.66. The van der Waals surface area contributed by atoms with Crippen LogP contribution in [-0.4, -0.2) is 39.7 Å². The molecule has 1 amide bonds. The molecule has 0 aliphatic rings. The first-order chi connectivity index (χ1) is 16.6. The molecule has 0 atom stereocenters. The summed E-state index contributed by atoms with van der Waals surface area (Å²) >= 11 is 13.4. The molecule has 0 unspecified atom stereocenters. The molecule has 0 fully saturated rings. The zero-order valence-electron chi connectivity index (χ0n) is 18.0. The van der Waals surface area contributed by atoms with Gasteiger partial charge in [-0.2, -0.15) is 5.10 Å². The number of aromatic nitrogens is 3. The normalized spacial score (nSPS) is 11.0. The van der Waals surface area contributed by atoms with E-state index in [2.05, 4.69) is 20.7 Å². The first-order valence-electron chi connectivity index (χ1n) is 10.1. The highest BCUT2D eigenvalue weighted by atomic mass is 35.5. The Morgan fingerprint density at radius 1 is 1.06 bits per heavy atom. The quantitative estimate of drug-likeness (QED) is 0.192. The van der Waals surface area contributed by atoms with Crippen molar-refractivity contribution in [2.75, 3.05) is 12.9 Å². The number of benzene rings is 3. The number of carbonyl (C=O) groups is 1. The van der Waals surface area contributed by atoms with Gasteiger partial charge in [0.05, 0.1) is 29.1 Å². The second kappa shape index (κ2) is 11.2. The number of nitrogens with one attached hydrogen (secondary N) is 1. The van der Waals surface area contributed by atoms with Crippen LogP contribution in [0.4, 0.5) is 0 Å². The van der Waals surface area contributed by atoms with E-state index in [9.17, 15) is 4.79 Å². The highest BCUT2D eigenvalue weighted by Gasteiger charge is 2.17. The van der Waals surface area contributed by atoms with Crippen LogP contribution in [0.15, 0.2) is 83.1 Å². The summed E-state index contributed by atoms with van der Waals surface area (Å²) in [6, 6.07) is 22.5. The number of halogens is 2. The Bertz CT molecular complexity index is 1310. The van der Waals surface area contributed by atoms with E-state index in [1.807, 2.05) is 59.2 Å². The predicted octanol–water partition coefficient (Wildman–Crippen LogP) is 5.49. The number of amides is 1. The molecule has 3 aromatic carbocycles. The third-order valence-electron chi connectivity index (χ3n) is 4.70. The molecule has 0 saturated heterocycles. The summed E-state index contributed by atoms with van der Waals surface area (Å²) in [5.74, 6) is 1.19. The molecule has 0 aliphatic carbocycles. The van der Waals surface area contributed by atoms with E-state index >= 15 is 0 Å². The topological polar surface area (TPSA) is 81.4 Å². The maximum Gasteiger partial charge on any atom is 0.250 e. The number of rotatable bonds is 8. The van der Waals surface area contributed by atoms with Gasteiger partial charge in [0.1, 0.15) is 5.75 Å². The molecule has 7 nitrogen and oxygen atoms in total. The van der Waals surface area contributed by atoms with Crippen LogP contribution in [0.3, 0.4) is 0 Å². The SMILES string of the molecule is COc1ccc(-n2c(SCC(=O)N/N=C/c3cccc(Cl)c3Cl)nnc2-c2ccccc2)cc1. The summed E-state index contributed by atoms with van der Waals surface area (Å²) in [4.78, 5) is 12.4. The van der Waals surface area contributed by atoms with Crippen molar-refractivity contribution in [1.29, 1.82) is 0 Å². The van der Waals surface area contributed by atoms with Gasteiger partial charge in [-0.3, -0.25) is 9.36 Å². The number of hydrogen-bond donors (Lipinski definition) is 1. The van der Waals surface area contributed by atoms with Crippen LogP contribution in [0.2, 0.25) is 10.0 Å². The average molecular weight is 512 g/mol. The maximum atomic E-state index is 12.4. The molecule has 1 aromatic heterocycles. The minimum absolute atomic E-state index is 0.0870. The minimum Gasteiger partial charge on any atom is -0.497 e. The minimum atomic E-state index is -0.301. The Kier molecular flexibility index (Phi) is 7.84. The molecular formula is C24H19Cl2N5O2S. The third kappa shape index (κ3) is 5.59. The van der Waals surface area contributed by atoms with E-state index in [1.54, 1.807) is 25.3 Å². The molecule has 0 saturated carbocycles. The lowest BCUT2D eigenvalue weighted by Gasteiger charge is -2.11. The predicted molar refractivity (Wildman–Crippen MR) is 136 cm³/mol. The van der Waals surface area contributed by atoms with Crippen molar-refractivity contribution in [1.82, 2.24) is 20.2 Å². The van der Waals surface area contributed by atoms with Crippen LogP contribution in [0.1, 0.15) is 5.56 Å². The number of methoxy groups -OCH3 is 1. The summed E-state index contributed by atoms with van der Waals surface area (Å²) in [6.07, 6.45) is 1.45. The number of hydrazone groups is 1. The summed E-state index contributed by atoms with van der Waals surface area (Å²) in [5.41, 5.74) is 4.86. The van der Waals surface area contributed by atoms with Gasteiger partial charge in [-0.05, 0) is 30.3 Å². The van der Waals surface area contributed by atoms with Crippen molar-refractivity contribution in [2.45, 2.75) is 5.16 Å². The lowest BCUT2D eigenvalue weighted by molar-refractivity contribution is -0.118. The molecule has 0 aliphatic heterocycles. The van der Waals surface area contributed by atoms with Crippen LogP contribution in [-0.2, 0) is 4.79 Å². The van der Waals surface area contributed by atoms with E-state index in [4.69, 9.17) is 27.9 Å². The van der Waals surface area contributed by atoms with Gasteiger partial charge in [-0.1, -0.05) is 77.4 Å². The van der Waals surface area contributed by atoms with E-state index in [0.29, 0.717) is 26.6 Å². The van der Waals surface area contributed by atoms with Crippen molar-refractivity contribution < 1.29 is 9.53 Å². The zero-order valence-corrected chi connectivity index (χ0v) is 20.3. The first kappa shape index (κ1) is 23.8. The van der Waals surface area contributed by atoms with Crippen LogP contribution in [0.25, 0.3) is 17.1 Å². The van der Waals surface area contributed by atoms with Crippen molar-refractivity contribution in [3.8, 4) is 22.8 Å². The molecule has 34 heavy (non-hydrogen) atoms. The molecule has 4 rings (SSSR count). The maximum absolute atomic E-state index is 12.4. The first-order valence-corrected chi connectivity index (χ1v) is 11.8. The average Bonchev–Trinajstić information content (AvgIpc) is 3.30. The lowest BCUT2D eigenvalue weighted by Crippen LogP contribution is -2.20. The van der Waals surface area contributed by atoms with Gasteiger partial charge in [0.25, 0.3) is 5.91 Å². The molecule has 0 spiro atoms. The van der Waals surface area contributed by atoms with Crippen molar-refractivity contribution in [3.05, 3.63) is 88.4 Å². The van der Waals surface area contributed by atoms with Gasteiger partial charge < -0.3 is 4.74 Å². The smallest absolute Gasteiger partial charge is 0.250 e. The second-order valence-electron chi connectivity index (χ2n) is 6.93. The van der Waals surface area contributed by atoms with Gasteiger partial charge >= 0.3 is 0 Å². The van der Waals surface area contributed by atoms with Crippen LogP contribution in [0.5, 0.6) is 5.75 Å². The van der Waals surface area contributed by atoms with Gasteiger partial charge in [-0.15, -0.1) is 10.2 Å². The van der Waals surface area contributed by atoms with Gasteiger partial charge in [0.2, 0.25) is 0 Å². The molecule has 0 radical (unpaired) electrons. The van der Waals surface area contributed by atoms with Crippen molar-refractivity contribution in [2.24, 2.45) is 5.10 Å². The highest BCUT2D eigenvalue weighted by molar-refractivity contribution is 7.99. The van der Waals surface area contributed by atoms with Crippen LogP contribution < -0.4 is 10.2 Å². The van der Waals surface area contributed by atoms with E-state index in [1.165, 1.54) is 18.0 Å². The summed E-state index contributed by atoms with van der Waals surface area (Å²) in [5, 5.41) is 14.0. The number of carbonyl (C=O) groups excluding carboxylic acids is 1. The molecule has 1 heterocycles. The number of thioether (sulfide) groups is 1. The Balaban J connectivity index is 1.51. The zero-order chi connectivity index (χ0) is 23.9. The van der Waals surface area contributed by atoms with E-state index in [-0.39, 0.29) is 11.7 Å². The van der Waals surface area contributed by atoms with Gasteiger partial charge in [0.15, 0.2) is 11.0 Å². The number of hydrogen-bond acceptors (Lipinski definition) is 6. The summed E-state index contributed by atoms with van der Waals surface area (Å²) < 4.78 is 7.17. The standard InChI is InChI=1S/C24H19Cl2N5O2S/c1-33-19-12-10-18(11-13-19)31-23(16-6-3-2-4-7-16)29-30-24(31)34-15-21(32)28-27-14-17-8-5-9-20(25)22(17)26/h2-14H,15H2,1H3,(H,28,32)/b27-14+. The summed E-state index contributed by atoms with van der Waals surface area (Å²) in [6.45, 7) is 0. The largest absolute Gasteiger partial charge is 0.497 e. The highest BCUT2D eigenvalue weighted by Crippen LogP contribution is 2.29. The van der Waals surface area contributed by atoms with Crippen LogP contribution >= 0.6 is 35.0 Å². The molecule has 172 valence electrons. The Morgan fingerprint density at radius 2 is 1.82 bits per heavy atom. The van der Waals surface area contributed by atoms with Gasteiger partial charge in [-0.25, -0.2) is 5.43 Å². The van der Waals surface area contributed by atoms with E-state index < -0.39 is 0 Å². The lowest BCUT2D eigenvalue weighted by atomic mass is 10.2. The van der Waals surface area contributed by atoms with Crippen LogP contribution in [0, 0.1) is 0 Å². The Hall–Kier alpha value is -3.33. The number of ether oxygens (including phenoxy) is 1. The van der Waals surface area contributed by atoms with Gasteiger partial charge in [0, 0.05) is 16.8 Å². The third-order valence-corrected chi connectivity index (χ3v) is 6.47. The molecule has 1 N–H and O–H groups in total. The fourth-order valence-electron chi connectivity index (χ4n) is 3.06. The summed E-state index contributed by atoms with van der Waals surface area (Å²) in [7, 11) is 1.62. The fourth-order valence-corrected chi connectivity index (χ4v) is 4.16. The fraction of sp³-hybridized carbons (Fsp3) is 0.0833. The number of nitrogens with zero attached hydrogens (tertiary/aromatic N) is 4. The molecule has 4 aromatic rings. The molecule has 10 heteroatoms.